The lowest BCUT2D eigenvalue weighted by atomic mass is 9.40. The van der Waals surface area contributed by atoms with Gasteiger partial charge < -0.3 is 9.84 Å². The molecule has 6 rings (SSSR count). The predicted octanol–water partition coefficient (Wildman–Crippen LogP) is 3.63. The summed E-state index contributed by atoms with van der Waals surface area (Å²) >= 11 is 1.30. The summed E-state index contributed by atoms with van der Waals surface area (Å²) in [6, 6.07) is 0. The first kappa shape index (κ1) is 16.6. The second-order valence-corrected chi connectivity index (χ2v) is 10.7. The largest absolute Gasteiger partial charge is 0.365 e. The van der Waals surface area contributed by atoms with E-state index in [-0.39, 0.29) is 22.0 Å². The van der Waals surface area contributed by atoms with Crippen LogP contribution in [-0.2, 0) is 9.53 Å². The van der Waals surface area contributed by atoms with Crippen molar-refractivity contribution in [2.45, 2.75) is 81.9 Å². The molecule has 1 spiro atoms. The first-order chi connectivity index (χ1) is 11.8. The molecule has 2 heterocycles. The number of hydrogen-bond acceptors (Lipinski definition) is 5. The maximum absolute atomic E-state index is 12.7. The van der Waals surface area contributed by atoms with E-state index in [0.29, 0.717) is 30.5 Å². The van der Waals surface area contributed by atoms with Gasteiger partial charge in [-0.05, 0) is 61.6 Å². The molecule has 2 aliphatic heterocycles. The van der Waals surface area contributed by atoms with E-state index in [1.807, 2.05) is 0 Å². The van der Waals surface area contributed by atoms with Crippen molar-refractivity contribution in [3.8, 4) is 5.40 Å². The Labute approximate surface area is 153 Å². The number of fused-ring (bicyclic) bond motifs is 3. The highest BCUT2D eigenvalue weighted by Gasteiger charge is 2.76. The maximum atomic E-state index is 12.7. The summed E-state index contributed by atoms with van der Waals surface area (Å²) in [7, 11) is 0. The van der Waals surface area contributed by atoms with Crippen LogP contribution in [0.2, 0.25) is 0 Å². The first-order valence-corrected chi connectivity index (χ1v) is 10.7. The Morgan fingerprint density at radius 3 is 2.76 bits per heavy atom. The molecule has 1 N–H and O–H groups in total. The van der Waals surface area contributed by atoms with Gasteiger partial charge in [0.05, 0.1) is 10.9 Å². The van der Waals surface area contributed by atoms with Gasteiger partial charge >= 0.3 is 0 Å². The predicted molar refractivity (Wildman–Crippen MR) is 94.4 cm³/mol. The lowest BCUT2D eigenvalue weighted by molar-refractivity contribution is -0.414. The molecule has 3 unspecified atom stereocenters. The number of thiocyanates is 1. The molecular formula is C20H27NO3S. The van der Waals surface area contributed by atoms with Gasteiger partial charge in [-0.25, -0.2) is 0 Å². The molecule has 4 nitrogen and oxygen atoms in total. The van der Waals surface area contributed by atoms with E-state index in [0.717, 1.165) is 38.5 Å². The number of nitriles is 1. The number of Topliss-reactive ketones (excluding diaryl/α,β-unsaturated/α-hetero) is 1. The van der Waals surface area contributed by atoms with Crippen LogP contribution in [0.5, 0.6) is 0 Å². The van der Waals surface area contributed by atoms with Crippen molar-refractivity contribution in [1.82, 2.24) is 0 Å². The fourth-order valence-corrected chi connectivity index (χ4v) is 9.06. The first-order valence-electron chi connectivity index (χ1n) is 9.80. The van der Waals surface area contributed by atoms with E-state index in [9.17, 15) is 15.2 Å². The van der Waals surface area contributed by atoms with Crippen LogP contribution in [0.3, 0.4) is 0 Å². The summed E-state index contributed by atoms with van der Waals surface area (Å²) in [5, 5.41) is 22.9. The number of carbonyl (C=O) groups excluding carboxylic acids is 1. The second-order valence-electron chi connectivity index (χ2n) is 9.73. The van der Waals surface area contributed by atoms with Crippen molar-refractivity contribution >= 4 is 17.5 Å². The third-order valence-corrected chi connectivity index (χ3v) is 9.94. The number of ketones is 1. The third-order valence-electron chi connectivity index (χ3n) is 9.04. The van der Waals surface area contributed by atoms with Crippen molar-refractivity contribution in [1.29, 1.82) is 5.26 Å². The van der Waals surface area contributed by atoms with Gasteiger partial charge in [-0.2, -0.15) is 5.26 Å². The molecule has 6 aliphatic rings. The van der Waals surface area contributed by atoms with Gasteiger partial charge in [-0.1, -0.05) is 13.8 Å². The molecular weight excluding hydrogens is 334 g/mol. The summed E-state index contributed by atoms with van der Waals surface area (Å²) in [6.07, 6.45) is 6.97. The Bertz CT molecular complexity index is 691. The topological polar surface area (TPSA) is 70.3 Å². The van der Waals surface area contributed by atoms with E-state index in [1.54, 1.807) is 0 Å². The van der Waals surface area contributed by atoms with Gasteiger partial charge in [0.15, 0.2) is 5.79 Å². The highest BCUT2D eigenvalue weighted by atomic mass is 32.2. The average Bonchev–Trinajstić information content (AvgIpc) is 2.84. The zero-order valence-corrected chi connectivity index (χ0v) is 15.9. The number of rotatable bonds is 1. The number of hydrogen-bond donors (Lipinski definition) is 1. The van der Waals surface area contributed by atoms with Crippen molar-refractivity contribution in [3.63, 3.8) is 0 Å². The lowest BCUT2D eigenvalue weighted by Crippen LogP contribution is -2.78. The third kappa shape index (κ3) is 1.75. The zero-order chi connectivity index (χ0) is 17.7. The minimum absolute atomic E-state index is 0.0158. The quantitative estimate of drug-likeness (QED) is 0.722. The standard InChI is InChI=1S/C20H27NO3S/c1-17-10-16(25-11-21)20-14(13(17)5-6-15(17)22)4-3-12-9-19(23,24-20)8-7-18(12,20)2/h12-14,16,23H,3-10H2,1-2H3/t12?,13-,14-,16?,17-,18-,19?,20-/m0/s1. The summed E-state index contributed by atoms with van der Waals surface area (Å²) in [5.74, 6) is 0.460. The average molecular weight is 362 g/mol. The number of thioether (sulfide) groups is 1. The van der Waals surface area contributed by atoms with Gasteiger partial charge in [0.1, 0.15) is 11.2 Å². The molecule has 25 heavy (non-hydrogen) atoms. The molecule has 4 bridgehead atoms. The molecule has 6 fully saturated rings. The Morgan fingerprint density at radius 2 is 2.00 bits per heavy atom. The molecule has 0 radical (unpaired) electrons. The van der Waals surface area contributed by atoms with Crippen LogP contribution in [0.4, 0.5) is 0 Å². The highest BCUT2D eigenvalue weighted by Crippen LogP contribution is 2.74. The van der Waals surface area contributed by atoms with Crippen molar-refractivity contribution in [3.05, 3.63) is 0 Å². The molecule has 4 saturated carbocycles. The van der Waals surface area contributed by atoms with Crippen LogP contribution >= 0.6 is 11.8 Å². The van der Waals surface area contributed by atoms with Crippen LogP contribution in [0, 0.1) is 39.2 Å². The van der Waals surface area contributed by atoms with Crippen molar-refractivity contribution < 1.29 is 14.6 Å². The zero-order valence-electron chi connectivity index (χ0n) is 15.1. The normalized spacial score (nSPS) is 59.2. The van der Waals surface area contributed by atoms with E-state index >= 15 is 0 Å². The minimum Gasteiger partial charge on any atom is -0.365 e. The molecule has 5 heteroatoms. The van der Waals surface area contributed by atoms with Crippen LogP contribution in [0.1, 0.15) is 65.2 Å². The smallest absolute Gasteiger partial charge is 0.166 e. The van der Waals surface area contributed by atoms with E-state index in [1.165, 1.54) is 11.8 Å². The molecule has 4 aliphatic carbocycles. The molecule has 136 valence electrons. The number of nitrogens with zero attached hydrogens (tertiary/aromatic N) is 1. The van der Waals surface area contributed by atoms with Gasteiger partial charge in [0.2, 0.25) is 0 Å². The van der Waals surface area contributed by atoms with Crippen LogP contribution in [0.25, 0.3) is 0 Å². The SMILES string of the molecule is C[C@]12CCC3(O)CC1CC[C@H]1[C@@H]4CCC(=O)[C@@]4(C)CC(SC#N)[C@@]12O3. The summed E-state index contributed by atoms with van der Waals surface area (Å²) in [5.41, 5.74) is -0.742. The molecule has 0 aromatic rings. The summed E-state index contributed by atoms with van der Waals surface area (Å²) in [4.78, 5) is 12.7. The van der Waals surface area contributed by atoms with Gasteiger partial charge in [-0.3, -0.25) is 4.79 Å². The Morgan fingerprint density at radius 1 is 1.20 bits per heavy atom. The number of aliphatic hydroxyl groups is 1. The minimum atomic E-state index is -1.02. The van der Waals surface area contributed by atoms with Crippen molar-refractivity contribution in [2.24, 2.45) is 28.6 Å². The number of ether oxygens (including phenoxy) is 1. The molecule has 0 aromatic carbocycles. The Hall–Kier alpha value is -0.570. The van der Waals surface area contributed by atoms with Crippen LogP contribution in [-0.4, -0.2) is 27.5 Å². The fourth-order valence-electron chi connectivity index (χ4n) is 7.83. The highest BCUT2D eigenvalue weighted by molar-refractivity contribution is 8.04. The summed E-state index contributed by atoms with van der Waals surface area (Å²) in [6.45, 7) is 4.49. The summed E-state index contributed by atoms with van der Waals surface area (Å²) < 4.78 is 6.66. The molecule has 0 aromatic heterocycles. The van der Waals surface area contributed by atoms with Crippen LogP contribution in [0.15, 0.2) is 0 Å². The van der Waals surface area contributed by atoms with Gasteiger partial charge in [-0.15, -0.1) is 0 Å². The van der Waals surface area contributed by atoms with Gasteiger partial charge in [0, 0.05) is 30.1 Å². The maximum Gasteiger partial charge on any atom is 0.166 e. The second kappa shape index (κ2) is 4.82. The van der Waals surface area contributed by atoms with E-state index in [4.69, 9.17) is 4.74 Å². The molecule has 2 saturated heterocycles. The fraction of sp³-hybridized carbons (Fsp3) is 0.900. The monoisotopic (exact) mass is 361 g/mol. The van der Waals surface area contributed by atoms with Crippen LogP contribution < -0.4 is 0 Å². The van der Waals surface area contributed by atoms with Crippen molar-refractivity contribution in [2.75, 3.05) is 0 Å². The lowest BCUT2D eigenvalue weighted by Gasteiger charge is -2.74. The van der Waals surface area contributed by atoms with E-state index < -0.39 is 11.4 Å². The molecule has 0 amide bonds. The Balaban J connectivity index is 1.69. The van der Waals surface area contributed by atoms with E-state index in [2.05, 4.69) is 19.2 Å². The van der Waals surface area contributed by atoms with Gasteiger partial charge in [0.25, 0.3) is 0 Å². The Kier molecular flexibility index (Phi) is 3.20. The number of carbonyl (C=O) groups is 1. The molecule has 8 atom stereocenters.